The summed E-state index contributed by atoms with van der Waals surface area (Å²) in [7, 11) is 0. The van der Waals surface area contributed by atoms with Gasteiger partial charge in [-0.15, -0.1) is 0 Å². The molecule has 0 amide bonds. The highest BCUT2D eigenvalue weighted by atomic mass is 14.1. The molecule has 0 unspecified atom stereocenters. The molecular weight excluding hydrogens is 1260 g/mol. The van der Waals surface area contributed by atoms with E-state index in [4.69, 9.17) is 0 Å². The molecule has 0 heterocycles. The minimum atomic E-state index is 0.500. The van der Waals surface area contributed by atoms with Crippen LogP contribution < -0.4 is 0 Å². The van der Waals surface area contributed by atoms with Crippen molar-refractivity contribution in [3.63, 3.8) is 0 Å². The van der Waals surface area contributed by atoms with Gasteiger partial charge in [0, 0.05) is 0 Å². The lowest BCUT2D eigenvalue weighted by atomic mass is 9.94. The number of rotatable bonds is 20. The molecule has 0 saturated heterocycles. The summed E-state index contributed by atoms with van der Waals surface area (Å²) in [4.78, 5) is 0. The molecule has 0 aromatic heterocycles. The van der Waals surface area contributed by atoms with E-state index >= 15 is 0 Å². The van der Waals surface area contributed by atoms with Gasteiger partial charge in [0.15, 0.2) is 0 Å². The number of unbranched alkanes of at least 4 members (excludes halogenated alkanes) is 10. The quantitative estimate of drug-likeness (QED) is 0.107. The van der Waals surface area contributed by atoms with E-state index in [0.717, 1.165) is 71.0 Å². The van der Waals surface area contributed by atoms with E-state index in [1.54, 1.807) is 0 Å². The van der Waals surface area contributed by atoms with E-state index < -0.39 is 0 Å². The Morgan fingerprint density at radius 1 is 0.190 bits per heavy atom. The van der Waals surface area contributed by atoms with E-state index in [-0.39, 0.29) is 0 Å². The molecule has 0 atom stereocenters. The summed E-state index contributed by atoms with van der Waals surface area (Å²) in [5, 5.41) is 0. The molecule has 0 aliphatic heterocycles. The van der Waals surface area contributed by atoms with Crippen LogP contribution in [0.4, 0.5) is 0 Å². The zero-order chi connectivity index (χ0) is 90.4. The average Bonchev–Trinajstić information content (AvgIpc) is 1.92. The van der Waals surface area contributed by atoms with Gasteiger partial charge in [-0.3, -0.25) is 0 Å². The average molecular weight is 1520 g/mol. The predicted octanol–water partition coefficient (Wildman–Crippen LogP) is 44.6. The van der Waals surface area contributed by atoms with Crippen molar-refractivity contribution in [3.8, 4) is 0 Å². The molecule has 0 aromatic carbocycles. The van der Waals surface area contributed by atoms with Crippen molar-refractivity contribution in [2.24, 2.45) is 81.8 Å². The van der Waals surface area contributed by atoms with Crippen molar-refractivity contribution in [1.82, 2.24) is 0 Å². The number of hydrogen-bond donors (Lipinski definition) is 0. The Labute approximate surface area is 693 Å². The summed E-state index contributed by atoms with van der Waals surface area (Å²) in [6, 6.07) is 0. The fraction of sp³-hybridized carbons (Fsp3) is 1.00. The number of hydrogen-bond acceptors (Lipinski definition) is 0. The van der Waals surface area contributed by atoms with Crippen molar-refractivity contribution >= 4 is 0 Å². The minimum absolute atomic E-state index is 0.500. The Hall–Kier alpha value is 0. The molecule has 105 heavy (non-hydrogen) atoms. The minimum Gasteiger partial charge on any atom is -0.0683 e. The Morgan fingerprint density at radius 3 is 0.333 bits per heavy atom. The van der Waals surface area contributed by atoms with Gasteiger partial charge in [0.1, 0.15) is 0 Å². The molecular formula is C105H256. The molecule has 0 radical (unpaired) electrons. The second-order valence-corrected chi connectivity index (χ2v) is 36.2. The standard InChI is InChI=1S/C7H16.4C6H14.7C5H12.7C4H10.3C3H8.C2H6/c1-3-5-7-6-4-2;1-5-6(2,3)4;1-5(2)6(3)4;1-4-5-6(2)3;1-4-6(3)5-2;1-5(2,3)4;5*1-4-5(2)3;1-3-5-4-2;3*1-4(2)3;4*1-3-4-2;3*1-3-2;1-2/h3-7H2,1-2H3;5H2,1-4H3;5-6H,1-4H3;2*6H,4-5H2,1-3H3;1-4H3;5*5H,4H2,1-3H3;3-5H2,1-2H3;3*4H,1-3H3;4*3-4H2,1-2H3;3*3H2,1-2H3;1-2H3. The van der Waals surface area contributed by atoms with Crippen LogP contribution >= 0.6 is 0 Å². The van der Waals surface area contributed by atoms with Gasteiger partial charge >= 0.3 is 0 Å². The fourth-order valence-electron chi connectivity index (χ4n) is 1.90. The van der Waals surface area contributed by atoms with Gasteiger partial charge in [0.2, 0.25) is 0 Å². The van der Waals surface area contributed by atoms with Gasteiger partial charge < -0.3 is 0 Å². The van der Waals surface area contributed by atoms with Crippen LogP contribution in [0, 0.1) is 81.8 Å². The molecule has 0 fully saturated rings. The van der Waals surface area contributed by atoms with Crippen LogP contribution in [0.1, 0.15) is 615 Å². The van der Waals surface area contributed by atoms with Crippen LogP contribution in [0.2, 0.25) is 0 Å². The first-order valence-electron chi connectivity index (χ1n) is 48.1. The molecule has 0 nitrogen and oxygen atoms in total. The first-order chi connectivity index (χ1) is 48.1. The van der Waals surface area contributed by atoms with Gasteiger partial charge in [-0.05, 0) is 81.8 Å². The zero-order valence-corrected chi connectivity index (χ0v) is 90.4. The molecule has 676 valence electrons. The van der Waals surface area contributed by atoms with Gasteiger partial charge in [-0.25, -0.2) is 0 Å². The summed E-state index contributed by atoms with van der Waals surface area (Å²) < 4.78 is 0. The summed E-state index contributed by atoms with van der Waals surface area (Å²) in [6.07, 6.45) is 38.6. The molecule has 0 heteroatoms. The van der Waals surface area contributed by atoms with Crippen LogP contribution in [-0.2, 0) is 0 Å². The van der Waals surface area contributed by atoms with E-state index in [1.807, 2.05) is 13.8 Å². The maximum absolute atomic E-state index is 2.28. The Kier molecular flexibility index (Phi) is 299. The third kappa shape index (κ3) is 936. The van der Waals surface area contributed by atoms with Crippen LogP contribution in [-0.4, -0.2) is 0 Å². The Bertz CT molecular complexity index is 804. The predicted molar refractivity (Wildman–Crippen MR) is 532 cm³/mol. The lowest BCUT2D eigenvalue weighted by Crippen LogP contribution is -2.00. The SMILES string of the molecule is CC.CC(C)(C)C.CC(C)C.CC(C)C.CC(C)C.CC(C)C(C)C.CCC.CCC.CCC.CCC(C)(C)C.CCC(C)C.CCC(C)C.CCC(C)C.CCC(C)C.CCC(C)C.CCC(C)CC.CCCC.CCCC.CCCC.CCCC.CCCC(C)C.CCCCC.CCCCCCC. The van der Waals surface area contributed by atoms with Crippen LogP contribution in [0.25, 0.3) is 0 Å². The summed E-state index contributed by atoms with van der Waals surface area (Å²) in [6.45, 7) is 136. The maximum Gasteiger partial charge on any atom is -0.0385 e. The van der Waals surface area contributed by atoms with Crippen molar-refractivity contribution in [2.75, 3.05) is 0 Å². The third-order valence-electron chi connectivity index (χ3n) is 12.7. The molecule has 0 aliphatic rings. The Balaban J connectivity index is -0.0000000320. The van der Waals surface area contributed by atoms with E-state index in [9.17, 15) is 0 Å². The zero-order valence-electron chi connectivity index (χ0n) is 90.4. The largest absolute Gasteiger partial charge is 0.0683 e. The second-order valence-electron chi connectivity index (χ2n) is 36.2. The first-order valence-corrected chi connectivity index (χ1v) is 48.1. The topological polar surface area (TPSA) is 0 Å². The second kappa shape index (κ2) is 186. The molecule has 0 N–H and O–H groups in total. The molecule has 0 spiro atoms. The van der Waals surface area contributed by atoms with Gasteiger partial charge in [-0.1, -0.05) is 615 Å². The van der Waals surface area contributed by atoms with Crippen LogP contribution in [0.15, 0.2) is 0 Å². The van der Waals surface area contributed by atoms with Crippen molar-refractivity contribution in [2.45, 2.75) is 615 Å². The van der Waals surface area contributed by atoms with Crippen LogP contribution in [0.5, 0.6) is 0 Å². The smallest absolute Gasteiger partial charge is 0.0385 e. The molecule has 0 bridgehead atoms. The highest BCUT2D eigenvalue weighted by Crippen LogP contribution is 2.16. The normalized spacial score (nSPS) is 9.09. The molecule has 0 saturated carbocycles. The highest BCUT2D eigenvalue weighted by Gasteiger charge is 2.03. The lowest BCUT2D eigenvalue weighted by molar-refractivity contribution is 0.398. The lowest BCUT2D eigenvalue weighted by Gasteiger charge is -2.12. The monoisotopic (exact) mass is 1520 g/mol. The van der Waals surface area contributed by atoms with Crippen molar-refractivity contribution in [3.05, 3.63) is 0 Å². The van der Waals surface area contributed by atoms with Crippen LogP contribution in [0.3, 0.4) is 0 Å². The van der Waals surface area contributed by atoms with Gasteiger partial charge in [0.05, 0.1) is 0 Å². The molecule has 0 rings (SSSR count). The Morgan fingerprint density at radius 2 is 0.314 bits per heavy atom. The fourth-order valence-corrected chi connectivity index (χ4v) is 1.90. The van der Waals surface area contributed by atoms with E-state index in [0.29, 0.717) is 10.8 Å². The maximum atomic E-state index is 2.28. The third-order valence-corrected chi connectivity index (χ3v) is 12.7. The summed E-state index contributed by atoms with van der Waals surface area (Å²) in [5.41, 5.74) is 1.04. The highest BCUT2D eigenvalue weighted by molar-refractivity contribution is 4.55. The molecule has 0 aromatic rings. The van der Waals surface area contributed by atoms with Gasteiger partial charge in [-0.2, -0.15) is 0 Å². The van der Waals surface area contributed by atoms with Crippen molar-refractivity contribution < 1.29 is 0 Å². The van der Waals surface area contributed by atoms with Crippen molar-refractivity contribution in [1.29, 1.82) is 0 Å². The summed E-state index contributed by atoms with van der Waals surface area (Å²) >= 11 is 0. The van der Waals surface area contributed by atoms with Gasteiger partial charge in [0.25, 0.3) is 0 Å². The first kappa shape index (κ1) is 169. The van der Waals surface area contributed by atoms with E-state index in [2.05, 4.69) is 415 Å². The summed E-state index contributed by atoms with van der Waals surface area (Å²) in [5.74, 6) is 10.5. The van der Waals surface area contributed by atoms with E-state index in [1.165, 1.54) is 186 Å². The molecule has 0 aliphatic carbocycles.